The smallest absolute Gasteiger partial charge is 0.322 e. The first-order valence-electron chi connectivity index (χ1n) is 6.35. The van der Waals surface area contributed by atoms with Gasteiger partial charge in [0.2, 0.25) is 0 Å². The number of benzene rings is 1. The third-order valence-electron chi connectivity index (χ3n) is 3.13. The summed E-state index contributed by atoms with van der Waals surface area (Å²) in [5.41, 5.74) is 7.17. The molecule has 0 fully saturated rings. The summed E-state index contributed by atoms with van der Waals surface area (Å²) in [6.07, 6.45) is -2.19. The van der Waals surface area contributed by atoms with E-state index in [4.69, 9.17) is 5.73 Å². The van der Waals surface area contributed by atoms with Crippen LogP contribution in [0.4, 0.5) is 13.2 Å². The molecule has 3 nitrogen and oxygen atoms in total. The Bertz CT molecular complexity index is 558. The molecule has 6 heteroatoms. The van der Waals surface area contributed by atoms with E-state index in [2.05, 4.69) is 12.0 Å². The highest BCUT2D eigenvalue weighted by molar-refractivity contribution is 5.24. The second-order valence-electron chi connectivity index (χ2n) is 4.62. The van der Waals surface area contributed by atoms with E-state index in [1.165, 1.54) is 16.4 Å². The molecule has 2 N–H and O–H groups in total. The van der Waals surface area contributed by atoms with E-state index in [-0.39, 0.29) is 12.6 Å². The van der Waals surface area contributed by atoms with Gasteiger partial charge in [0.05, 0.1) is 6.54 Å². The van der Waals surface area contributed by atoms with Crippen LogP contribution in [0.1, 0.15) is 29.8 Å². The predicted octanol–water partition coefficient (Wildman–Crippen LogP) is 3.16. The first-order valence-corrected chi connectivity index (χ1v) is 6.35. The van der Waals surface area contributed by atoms with Crippen LogP contribution < -0.4 is 5.73 Å². The van der Waals surface area contributed by atoms with Gasteiger partial charge in [0.1, 0.15) is 0 Å². The summed E-state index contributed by atoms with van der Waals surface area (Å²) in [6, 6.07) is 8.31. The van der Waals surface area contributed by atoms with Crippen LogP contribution in [0.3, 0.4) is 0 Å². The van der Waals surface area contributed by atoms with E-state index >= 15 is 0 Å². The Morgan fingerprint density at radius 3 is 2.35 bits per heavy atom. The average molecular weight is 283 g/mol. The van der Waals surface area contributed by atoms with Crippen molar-refractivity contribution in [3.63, 3.8) is 0 Å². The van der Waals surface area contributed by atoms with Crippen LogP contribution in [0.15, 0.2) is 36.5 Å². The summed E-state index contributed by atoms with van der Waals surface area (Å²) in [4.78, 5) is 0. The van der Waals surface area contributed by atoms with Gasteiger partial charge in [-0.3, -0.25) is 4.68 Å². The Balaban J connectivity index is 2.07. The lowest BCUT2D eigenvalue weighted by atomic mass is 10.0. The molecule has 2 rings (SSSR count). The van der Waals surface area contributed by atoms with Crippen molar-refractivity contribution in [1.29, 1.82) is 0 Å². The largest absolute Gasteiger partial charge is 0.435 e. The molecular formula is C14H16F3N3. The van der Waals surface area contributed by atoms with Crippen molar-refractivity contribution in [1.82, 2.24) is 9.78 Å². The molecule has 0 aliphatic heterocycles. The summed E-state index contributed by atoms with van der Waals surface area (Å²) in [5, 5.41) is 3.49. The van der Waals surface area contributed by atoms with Crippen molar-refractivity contribution in [2.45, 2.75) is 32.1 Å². The molecule has 0 aliphatic rings. The average Bonchev–Trinajstić information content (AvgIpc) is 2.87. The zero-order chi connectivity index (χ0) is 14.8. The molecule has 0 amide bonds. The van der Waals surface area contributed by atoms with Crippen LogP contribution in [0.5, 0.6) is 0 Å². The number of alkyl halides is 3. The van der Waals surface area contributed by atoms with Crippen molar-refractivity contribution >= 4 is 0 Å². The molecule has 1 aromatic heterocycles. The maximum absolute atomic E-state index is 12.4. The van der Waals surface area contributed by atoms with Gasteiger partial charge in [-0.25, -0.2) is 0 Å². The number of aromatic nitrogens is 2. The molecule has 0 bridgehead atoms. The van der Waals surface area contributed by atoms with Crippen LogP contribution >= 0.6 is 0 Å². The molecule has 0 aliphatic carbocycles. The molecule has 0 saturated heterocycles. The fraction of sp³-hybridized carbons (Fsp3) is 0.357. The van der Waals surface area contributed by atoms with E-state index in [0.29, 0.717) is 0 Å². The van der Waals surface area contributed by atoms with Gasteiger partial charge in [-0.05, 0) is 23.6 Å². The van der Waals surface area contributed by atoms with Crippen molar-refractivity contribution in [3.8, 4) is 0 Å². The molecule has 1 aromatic carbocycles. The Kier molecular flexibility index (Phi) is 4.13. The number of halogens is 3. The van der Waals surface area contributed by atoms with Crippen molar-refractivity contribution < 1.29 is 13.2 Å². The minimum Gasteiger partial charge on any atom is -0.322 e. The summed E-state index contributed by atoms with van der Waals surface area (Å²) >= 11 is 0. The maximum atomic E-state index is 12.4. The number of aryl methyl sites for hydroxylation is 1. The fourth-order valence-electron chi connectivity index (χ4n) is 1.92. The van der Waals surface area contributed by atoms with Gasteiger partial charge in [0.25, 0.3) is 0 Å². The normalized spacial score (nSPS) is 13.4. The number of nitrogens with two attached hydrogens (primary N) is 1. The van der Waals surface area contributed by atoms with Gasteiger partial charge >= 0.3 is 6.18 Å². The van der Waals surface area contributed by atoms with Crippen molar-refractivity contribution in [2.75, 3.05) is 0 Å². The summed E-state index contributed by atoms with van der Waals surface area (Å²) in [7, 11) is 0. The summed E-state index contributed by atoms with van der Waals surface area (Å²) in [5.74, 6) is 0. The minimum absolute atomic E-state index is 0.210. The third-order valence-corrected chi connectivity index (χ3v) is 3.13. The lowest BCUT2D eigenvalue weighted by molar-refractivity contribution is -0.141. The fourth-order valence-corrected chi connectivity index (χ4v) is 1.92. The molecule has 0 spiro atoms. The molecular weight excluding hydrogens is 267 g/mol. The third kappa shape index (κ3) is 3.39. The quantitative estimate of drug-likeness (QED) is 0.936. The first-order chi connectivity index (χ1) is 9.40. The summed E-state index contributed by atoms with van der Waals surface area (Å²) in [6.45, 7) is 2.26. The zero-order valence-corrected chi connectivity index (χ0v) is 11.1. The second-order valence-corrected chi connectivity index (χ2v) is 4.62. The Labute approximate surface area is 115 Å². The van der Waals surface area contributed by atoms with Gasteiger partial charge in [0.15, 0.2) is 5.69 Å². The lowest BCUT2D eigenvalue weighted by Crippen LogP contribution is -2.18. The van der Waals surface area contributed by atoms with E-state index in [1.807, 2.05) is 24.3 Å². The van der Waals surface area contributed by atoms with Crippen LogP contribution in [0.25, 0.3) is 0 Å². The molecule has 20 heavy (non-hydrogen) atoms. The highest BCUT2D eigenvalue weighted by Crippen LogP contribution is 2.27. The number of hydrogen-bond acceptors (Lipinski definition) is 2. The molecule has 0 radical (unpaired) electrons. The van der Waals surface area contributed by atoms with E-state index in [9.17, 15) is 13.2 Å². The van der Waals surface area contributed by atoms with Crippen LogP contribution in [-0.2, 0) is 19.1 Å². The van der Waals surface area contributed by atoms with Gasteiger partial charge in [-0.1, -0.05) is 31.2 Å². The first kappa shape index (κ1) is 14.6. The zero-order valence-electron chi connectivity index (χ0n) is 11.1. The van der Waals surface area contributed by atoms with Crippen LogP contribution in [0, 0.1) is 0 Å². The van der Waals surface area contributed by atoms with Gasteiger partial charge in [-0.15, -0.1) is 0 Å². The highest BCUT2D eigenvalue weighted by Gasteiger charge is 2.33. The SMILES string of the molecule is CCc1ccc(C(N)Cn2ccc(C(F)(F)F)n2)cc1. The highest BCUT2D eigenvalue weighted by atomic mass is 19.4. The Morgan fingerprint density at radius 1 is 1.20 bits per heavy atom. The molecule has 0 saturated carbocycles. The van der Waals surface area contributed by atoms with Crippen LogP contribution in [0.2, 0.25) is 0 Å². The van der Waals surface area contributed by atoms with Gasteiger partial charge < -0.3 is 5.73 Å². The van der Waals surface area contributed by atoms with Crippen molar-refractivity contribution in [3.05, 3.63) is 53.3 Å². The molecule has 2 aromatic rings. The van der Waals surface area contributed by atoms with Crippen LogP contribution in [-0.4, -0.2) is 9.78 Å². The Morgan fingerprint density at radius 2 is 1.85 bits per heavy atom. The number of nitrogens with zero attached hydrogens (tertiary/aromatic N) is 2. The standard InChI is InChI=1S/C14H16F3N3/c1-2-10-3-5-11(6-4-10)12(18)9-20-8-7-13(19-20)14(15,16)17/h3-8,12H,2,9,18H2,1H3. The minimum atomic E-state index is -4.42. The lowest BCUT2D eigenvalue weighted by Gasteiger charge is -2.12. The number of rotatable bonds is 4. The molecule has 1 heterocycles. The Hall–Kier alpha value is -1.82. The van der Waals surface area contributed by atoms with E-state index in [1.54, 1.807) is 0 Å². The molecule has 108 valence electrons. The van der Waals surface area contributed by atoms with E-state index in [0.717, 1.165) is 18.1 Å². The summed E-state index contributed by atoms with van der Waals surface area (Å²) < 4.78 is 38.5. The van der Waals surface area contributed by atoms with E-state index < -0.39 is 11.9 Å². The number of hydrogen-bond donors (Lipinski definition) is 1. The molecule has 1 unspecified atom stereocenters. The molecule has 1 atom stereocenters. The topological polar surface area (TPSA) is 43.8 Å². The van der Waals surface area contributed by atoms with Gasteiger partial charge in [0, 0.05) is 12.2 Å². The van der Waals surface area contributed by atoms with Crippen molar-refractivity contribution in [2.24, 2.45) is 5.73 Å². The second kappa shape index (κ2) is 5.66. The predicted molar refractivity (Wildman–Crippen MR) is 70.0 cm³/mol. The maximum Gasteiger partial charge on any atom is 0.435 e. The van der Waals surface area contributed by atoms with Gasteiger partial charge in [-0.2, -0.15) is 18.3 Å². The monoisotopic (exact) mass is 283 g/mol.